The number of nitrogens with one attached hydrogen (secondary N) is 1. The molecule has 0 aliphatic carbocycles. The van der Waals surface area contributed by atoms with Gasteiger partial charge in [-0.25, -0.2) is 13.1 Å². The summed E-state index contributed by atoms with van der Waals surface area (Å²) in [5.41, 5.74) is 10.5. The van der Waals surface area contributed by atoms with E-state index in [2.05, 4.69) is 9.71 Å². The Bertz CT molecular complexity index is 486. The van der Waals surface area contributed by atoms with Crippen LogP contribution in [0.25, 0.3) is 0 Å². The van der Waals surface area contributed by atoms with Crippen LogP contribution in [0.1, 0.15) is 6.42 Å². The summed E-state index contributed by atoms with van der Waals surface area (Å²) >= 11 is 0. The summed E-state index contributed by atoms with van der Waals surface area (Å²) in [5.74, 6) is -0.582. The number of nitrogens with zero attached hydrogens (tertiary/aromatic N) is 1. The average Bonchev–Trinajstić information content (AvgIpc) is 2.17. The predicted octanol–water partition coefficient (Wildman–Crippen LogP) is -1.18. The quantitative estimate of drug-likeness (QED) is 0.600. The van der Waals surface area contributed by atoms with E-state index >= 15 is 0 Å². The van der Waals surface area contributed by atoms with Gasteiger partial charge in [0.25, 0.3) is 0 Å². The van der Waals surface area contributed by atoms with Crippen molar-refractivity contribution in [2.24, 2.45) is 5.73 Å². The third-order valence-electron chi connectivity index (χ3n) is 1.77. The van der Waals surface area contributed by atoms with Gasteiger partial charge < -0.3 is 11.5 Å². The normalized spacial score (nSPS) is 11.2. The van der Waals surface area contributed by atoms with E-state index in [0.717, 1.165) is 6.20 Å². The second-order valence-electron chi connectivity index (χ2n) is 3.03. The zero-order chi connectivity index (χ0) is 12.2. The summed E-state index contributed by atoms with van der Waals surface area (Å²) in [6, 6.07) is 1.38. The van der Waals surface area contributed by atoms with Crippen molar-refractivity contribution < 1.29 is 13.2 Å². The van der Waals surface area contributed by atoms with Gasteiger partial charge in [-0.3, -0.25) is 9.78 Å². The monoisotopic (exact) mass is 244 g/mol. The Labute approximate surface area is 92.9 Å². The number of carbonyl (C=O) groups excluding carboxylic acids is 1. The third kappa shape index (κ3) is 3.17. The van der Waals surface area contributed by atoms with E-state index in [1.54, 1.807) is 0 Å². The minimum absolute atomic E-state index is 0.0635. The fraction of sp³-hybridized carbons (Fsp3) is 0.250. The van der Waals surface area contributed by atoms with E-state index in [9.17, 15) is 13.2 Å². The summed E-state index contributed by atoms with van der Waals surface area (Å²) in [7, 11) is -3.73. The lowest BCUT2D eigenvalue weighted by atomic mass is 10.4. The number of pyridine rings is 1. The molecule has 1 aromatic rings. The number of aromatic nitrogens is 1. The Balaban J connectivity index is 2.79. The maximum atomic E-state index is 11.7. The summed E-state index contributed by atoms with van der Waals surface area (Å²) in [6.45, 7) is -0.0635. The maximum Gasteiger partial charge on any atom is 0.244 e. The van der Waals surface area contributed by atoms with Gasteiger partial charge >= 0.3 is 0 Å². The summed E-state index contributed by atoms with van der Waals surface area (Å²) in [5, 5.41) is 0. The topological polar surface area (TPSA) is 128 Å². The second kappa shape index (κ2) is 4.90. The van der Waals surface area contributed by atoms with Crippen LogP contribution < -0.4 is 16.2 Å². The first-order valence-corrected chi connectivity index (χ1v) is 5.89. The second-order valence-corrected chi connectivity index (χ2v) is 4.76. The molecule has 0 spiro atoms. The minimum Gasteiger partial charge on any atom is -0.398 e. The predicted molar refractivity (Wildman–Crippen MR) is 57.6 cm³/mol. The number of primary amides is 1. The van der Waals surface area contributed by atoms with Crippen molar-refractivity contribution >= 4 is 21.6 Å². The first kappa shape index (κ1) is 12.4. The lowest BCUT2D eigenvalue weighted by Gasteiger charge is -2.07. The van der Waals surface area contributed by atoms with E-state index in [-0.39, 0.29) is 23.5 Å². The molecule has 1 amide bonds. The highest BCUT2D eigenvalue weighted by atomic mass is 32.2. The van der Waals surface area contributed by atoms with Gasteiger partial charge in [0.05, 0.1) is 5.69 Å². The number of hydrogen-bond donors (Lipinski definition) is 3. The molecule has 0 saturated carbocycles. The van der Waals surface area contributed by atoms with Crippen LogP contribution in [0.3, 0.4) is 0 Å². The number of sulfonamides is 1. The van der Waals surface area contributed by atoms with Crippen LogP contribution in [0, 0.1) is 0 Å². The van der Waals surface area contributed by atoms with Crippen molar-refractivity contribution in [2.45, 2.75) is 11.3 Å². The molecule has 16 heavy (non-hydrogen) atoms. The molecule has 0 radical (unpaired) electrons. The average molecular weight is 244 g/mol. The molecule has 1 aromatic heterocycles. The Morgan fingerprint density at radius 3 is 2.75 bits per heavy atom. The van der Waals surface area contributed by atoms with Crippen LogP contribution in [0.5, 0.6) is 0 Å². The standard InChI is InChI=1S/C8H12N4O3S/c9-6-1-3-11-5-7(6)16(14,15)12-4-2-8(10)13/h1,3,5,12H,2,4H2,(H2,9,11)(H2,10,13). The smallest absolute Gasteiger partial charge is 0.244 e. The van der Waals surface area contributed by atoms with E-state index in [1.807, 2.05) is 0 Å². The molecule has 0 fully saturated rings. The Morgan fingerprint density at radius 1 is 1.50 bits per heavy atom. The van der Waals surface area contributed by atoms with Gasteiger partial charge in [-0.2, -0.15) is 0 Å². The van der Waals surface area contributed by atoms with E-state index in [1.165, 1.54) is 12.3 Å². The van der Waals surface area contributed by atoms with Gasteiger partial charge in [-0.05, 0) is 6.07 Å². The van der Waals surface area contributed by atoms with Crippen molar-refractivity contribution in [3.8, 4) is 0 Å². The molecule has 0 atom stereocenters. The molecule has 88 valence electrons. The third-order valence-corrected chi connectivity index (χ3v) is 3.27. The highest BCUT2D eigenvalue weighted by Gasteiger charge is 2.16. The molecule has 0 aliphatic heterocycles. The summed E-state index contributed by atoms with van der Waals surface area (Å²) in [6.07, 6.45) is 2.46. The Kier molecular flexibility index (Phi) is 3.80. The lowest BCUT2D eigenvalue weighted by Crippen LogP contribution is -2.28. The largest absolute Gasteiger partial charge is 0.398 e. The van der Waals surface area contributed by atoms with Crippen LogP contribution in [-0.2, 0) is 14.8 Å². The molecule has 0 aliphatic rings. The molecular formula is C8H12N4O3S. The number of hydrogen-bond acceptors (Lipinski definition) is 5. The van der Waals surface area contributed by atoms with Crippen LogP contribution in [-0.4, -0.2) is 25.9 Å². The van der Waals surface area contributed by atoms with Crippen LogP contribution in [0.4, 0.5) is 5.69 Å². The number of anilines is 1. The van der Waals surface area contributed by atoms with Crippen molar-refractivity contribution in [3.63, 3.8) is 0 Å². The molecule has 7 nitrogen and oxygen atoms in total. The first-order valence-electron chi connectivity index (χ1n) is 4.41. The number of rotatable bonds is 5. The number of nitrogen functional groups attached to an aromatic ring is 1. The minimum atomic E-state index is -3.73. The molecule has 0 saturated heterocycles. The van der Waals surface area contributed by atoms with Gasteiger partial charge in [0, 0.05) is 25.4 Å². The van der Waals surface area contributed by atoms with Crippen molar-refractivity contribution in [3.05, 3.63) is 18.5 Å². The summed E-state index contributed by atoms with van der Waals surface area (Å²) in [4.78, 5) is 14.0. The SMILES string of the molecule is NC(=O)CCNS(=O)(=O)c1cnccc1N. The number of amides is 1. The van der Waals surface area contributed by atoms with Gasteiger partial charge in [-0.15, -0.1) is 0 Å². The zero-order valence-corrected chi connectivity index (χ0v) is 9.20. The fourth-order valence-electron chi connectivity index (χ4n) is 1.00. The molecule has 1 heterocycles. The van der Waals surface area contributed by atoms with Crippen LogP contribution in [0.15, 0.2) is 23.4 Å². The van der Waals surface area contributed by atoms with Gasteiger partial charge in [-0.1, -0.05) is 0 Å². The highest BCUT2D eigenvalue weighted by molar-refractivity contribution is 7.89. The van der Waals surface area contributed by atoms with Crippen molar-refractivity contribution in [1.29, 1.82) is 0 Å². The van der Waals surface area contributed by atoms with Crippen LogP contribution in [0.2, 0.25) is 0 Å². The Hall–Kier alpha value is -1.67. The highest BCUT2D eigenvalue weighted by Crippen LogP contribution is 2.14. The van der Waals surface area contributed by atoms with Gasteiger partial charge in [0.15, 0.2) is 0 Å². The van der Waals surface area contributed by atoms with Crippen molar-refractivity contribution in [2.75, 3.05) is 12.3 Å². The molecular weight excluding hydrogens is 232 g/mol. The molecule has 5 N–H and O–H groups in total. The maximum absolute atomic E-state index is 11.7. The first-order chi connectivity index (χ1) is 7.43. The van der Waals surface area contributed by atoms with E-state index < -0.39 is 15.9 Å². The molecule has 0 bridgehead atoms. The Morgan fingerprint density at radius 2 is 2.19 bits per heavy atom. The van der Waals surface area contributed by atoms with E-state index in [4.69, 9.17) is 11.5 Å². The molecule has 1 rings (SSSR count). The van der Waals surface area contributed by atoms with Gasteiger partial charge in [0.2, 0.25) is 15.9 Å². The lowest BCUT2D eigenvalue weighted by molar-refractivity contribution is -0.117. The summed E-state index contributed by atoms with van der Waals surface area (Å²) < 4.78 is 25.5. The fourth-order valence-corrected chi connectivity index (χ4v) is 2.11. The van der Waals surface area contributed by atoms with Crippen molar-refractivity contribution in [1.82, 2.24) is 9.71 Å². The van der Waals surface area contributed by atoms with Gasteiger partial charge in [0.1, 0.15) is 4.90 Å². The molecule has 8 heteroatoms. The van der Waals surface area contributed by atoms with Crippen LogP contribution >= 0.6 is 0 Å². The number of carbonyl (C=O) groups is 1. The number of nitrogens with two attached hydrogens (primary N) is 2. The van der Waals surface area contributed by atoms with E-state index in [0.29, 0.717) is 0 Å². The zero-order valence-electron chi connectivity index (χ0n) is 8.38. The molecule has 0 aromatic carbocycles. The molecule has 0 unspecified atom stereocenters.